The number of pyridine rings is 1. The molecule has 0 bridgehead atoms. The molecular weight excluding hydrogens is 272 g/mol. The van der Waals surface area contributed by atoms with Crippen molar-refractivity contribution < 1.29 is 0 Å². The van der Waals surface area contributed by atoms with E-state index in [4.69, 9.17) is 11.6 Å². The van der Waals surface area contributed by atoms with Gasteiger partial charge in [-0.2, -0.15) is 5.10 Å². The number of aryl methyl sites for hydroxylation is 1. The summed E-state index contributed by atoms with van der Waals surface area (Å²) in [5.41, 5.74) is 3.25. The van der Waals surface area contributed by atoms with Crippen LogP contribution in [0.5, 0.6) is 0 Å². The van der Waals surface area contributed by atoms with Gasteiger partial charge < -0.3 is 5.32 Å². The lowest BCUT2D eigenvalue weighted by Crippen LogP contribution is -2.15. The summed E-state index contributed by atoms with van der Waals surface area (Å²) in [4.78, 5) is 4.43. The molecule has 2 aromatic heterocycles. The molecule has 1 N–H and O–H groups in total. The summed E-state index contributed by atoms with van der Waals surface area (Å²) in [6.07, 6.45) is 3.60. The minimum atomic E-state index is 0.739. The molecule has 0 fully saturated rings. The maximum atomic E-state index is 6.19. The van der Waals surface area contributed by atoms with Gasteiger partial charge in [0.15, 0.2) is 0 Å². The van der Waals surface area contributed by atoms with Gasteiger partial charge >= 0.3 is 0 Å². The Morgan fingerprint density at radius 3 is 2.85 bits per heavy atom. The second kappa shape index (κ2) is 5.61. The van der Waals surface area contributed by atoms with Crippen LogP contribution in [0.3, 0.4) is 0 Å². The maximum Gasteiger partial charge on any atom is 0.0761 e. The first-order valence-corrected chi connectivity index (χ1v) is 6.83. The molecule has 0 saturated heterocycles. The van der Waals surface area contributed by atoms with E-state index in [-0.39, 0.29) is 0 Å². The smallest absolute Gasteiger partial charge is 0.0761 e. The van der Waals surface area contributed by atoms with Gasteiger partial charge in [0, 0.05) is 42.9 Å². The van der Waals surface area contributed by atoms with Crippen molar-refractivity contribution in [3.63, 3.8) is 0 Å². The molecule has 0 spiro atoms. The van der Waals surface area contributed by atoms with Crippen molar-refractivity contribution in [1.82, 2.24) is 20.1 Å². The number of hydrogen-bond donors (Lipinski definition) is 1. The van der Waals surface area contributed by atoms with E-state index in [9.17, 15) is 0 Å². The van der Waals surface area contributed by atoms with Crippen molar-refractivity contribution in [2.24, 2.45) is 7.05 Å². The molecule has 0 amide bonds. The van der Waals surface area contributed by atoms with Gasteiger partial charge in [-0.15, -0.1) is 0 Å². The molecule has 3 aromatic rings. The average Bonchev–Trinajstić information content (AvgIpc) is 2.87. The molecule has 5 heteroatoms. The van der Waals surface area contributed by atoms with Gasteiger partial charge in [0.2, 0.25) is 0 Å². The van der Waals surface area contributed by atoms with E-state index < -0.39 is 0 Å². The zero-order chi connectivity index (χ0) is 13.9. The fourth-order valence-corrected chi connectivity index (χ4v) is 2.45. The topological polar surface area (TPSA) is 42.7 Å². The highest BCUT2D eigenvalue weighted by atomic mass is 35.5. The van der Waals surface area contributed by atoms with Crippen LogP contribution in [0, 0.1) is 0 Å². The Hall–Kier alpha value is -1.91. The van der Waals surface area contributed by atoms with Crippen LogP contribution in [0.15, 0.2) is 42.7 Å². The van der Waals surface area contributed by atoms with Crippen molar-refractivity contribution in [1.29, 1.82) is 0 Å². The number of benzene rings is 1. The normalized spacial score (nSPS) is 11.1. The number of halogens is 1. The molecule has 102 valence electrons. The van der Waals surface area contributed by atoms with Crippen LogP contribution in [0.25, 0.3) is 10.9 Å². The van der Waals surface area contributed by atoms with E-state index in [1.54, 1.807) is 12.4 Å². The first-order chi connectivity index (χ1) is 9.75. The van der Waals surface area contributed by atoms with Gasteiger partial charge in [-0.05, 0) is 29.8 Å². The van der Waals surface area contributed by atoms with Gasteiger partial charge in [-0.3, -0.25) is 9.67 Å². The molecule has 0 radical (unpaired) electrons. The molecule has 0 unspecified atom stereocenters. The fraction of sp³-hybridized carbons (Fsp3) is 0.200. The SMILES string of the molecule is Cn1nccc1CNCc1ccc(Cl)c2cccnc12. The van der Waals surface area contributed by atoms with E-state index >= 15 is 0 Å². The number of rotatable bonds is 4. The van der Waals surface area contributed by atoms with Gasteiger partial charge in [-0.1, -0.05) is 17.7 Å². The molecule has 2 heterocycles. The van der Waals surface area contributed by atoms with Crippen molar-refractivity contribution in [2.75, 3.05) is 0 Å². The number of hydrogen-bond acceptors (Lipinski definition) is 3. The van der Waals surface area contributed by atoms with Gasteiger partial charge in [0.25, 0.3) is 0 Å². The van der Waals surface area contributed by atoms with Gasteiger partial charge in [0.1, 0.15) is 0 Å². The quantitative estimate of drug-likeness (QED) is 0.802. The Labute approximate surface area is 122 Å². The second-order valence-corrected chi connectivity index (χ2v) is 5.06. The van der Waals surface area contributed by atoms with E-state index in [0.717, 1.165) is 40.3 Å². The fourth-order valence-electron chi connectivity index (χ4n) is 2.24. The number of fused-ring (bicyclic) bond motifs is 1. The van der Waals surface area contributed by atoms with Gasteiger partial charge in [0.05, 0.1) is 11.2 Å². The lowest BCUT2D eigenvalue weighted by atomic mass is 10.1. The lowest BCUT2D eigenvalue weighted by Gasteiger charge is -2.09. The van der Waals surface area contributed by atoms with Crippen LogP contribution in [0.4, 0.5) is 0 Å². The molecular formula is C15H15ClN4. The minimum Gasteiger partial charge on any atom is -0.307 e. The van der Waals surface area contributed by atoms with Crippen molar-refractivity contribution in [3.8, 4) is 0 Å². The van der Waals surface area contributed by atoms with Gasteiger partial charge in [-0.25, -0.2) is 0 Å². The monoisotopic (exact) mass is 286 g/mol. The Bertz CT molecular complexity index is 736. The summed E-state index contributed by atoms with van der Waals surface area (Å²) in [6, 6.07) is 9.85. The zero-order valence-electron chi connectivity index (χ0n) is 11.2. The minimum absolute atomic E-state index is 0.739. The number of nitrogens with zero attached hydrogens (tertiary/aromatic N) is 3. The Morgan fingerprint density at radius 2 is 2.05 bits per heavy atom. The number of aromatic nitrogens is 3. The van der Waals surface area contributed by atoms with Crippen LogP contribution in [0.2, 0.25) is 5.02 Å². The largest absolute Gasteiger partial charge is 0.307 e. The van der Waals surface area contributed by atoms with Crippen molar-refractivity contribution in [3.05, 3.63) is 59.0 Å². The molecule has 1 aromatic carbocycles. The number of nitrogens with one attached hydrogen (secondary N) is 1. The molecule has 3 rings (SSSR count). The zero-order valence-corrected chi connectivity index (χ0v) is 11.9. The summed E-state index contributed by atoms with van der Waals surface area (Å²) in [6.45, 7) is 1.52. The van der Waals surface area contributed by atoms with Crippen LogP contribution in [-0.2, 0) is 20.1 Å². The third-order valence-corrected chi connectivity index (χ3v) is 3.67. The van der Waals surface area contributed by atoms with E-state index in [1.165, 1.54) is 0 Å². The van der Waals surface area contributed by atoms with Crippen molar-refractivity contribution >= 4 is 22.5 Å². The van der Waals surface area contributed by atoms with E-state index in [0.29, 0.717) is 0 Å². The summed E-state index contributed by atoms with van der Waals surface area (Å²) in [7, 11) is 1.94. The van der Waals surface area contributed by atoms with E-state index in [1.807, 2.05) is 42.1 Å². The standard InChI is InChI=1S/C15H15ClN4/c1-20-12(6-8-19-20)10-17-9-11-4-5-14(16)13-3-2-7-18-15(11)13/h2-8,17H,9-10H2,1H3. The third kappa shape index (κ3) is 2.53. The highest BCUT2D eigenvalue weighted by molar-refractivity contribution is 6.35. The van der Waals surface area contributed by atoms with Crippen LogP contribution in [-0.4, -0.2) is 14.8 Å². The molecule has 0 saturated carbocycles. The van der Waals surface area contributed by atoms with E-state index in [2.05, 4.69) is 15.4 Å². The van der Waals surface area contributed by atoms with Crippen LogP contribution < -0.4 is 5.32 Å². The molecule has 4 nitrogen and oxygen atoms in total. The molecule has 0 aliphatic rings. The second-order valence-electron chi connectivity index (χ2n) is 4.66. The highest BCUT2D eigenvalue weighted by Crippen LogP contribution is 2.24. The Kier molecular flexibility index (Phi) is 3.67. The predicted molar refractivity (Wildman–Crippen MR) is 80.5 cm³/mol. The summed E-state index contributed by atoms with van der Waals surface area (Å²) in [5.74, 6) is 0. The molecule has 0 atom stereocenters. The third-order valence-electron chi connectivity index (χ3n) is 3.34. The molecule has 20 heavy (non-hydrogen) atoms. The summed E-state index contributed by atoms with van der Waals surface area (Å²) in [5, 5.41) is 9.30. The average molecular weight is 287 g/mol. The summed E-state index contributed by atoms with van der Waals surface area (Å²) < 4.78 is 1.87. The Morgan fingerprint density at radius 1 is 1.15 bits per heavy atom. The van der Waals surface area contributed by atoms with Crippen LogP contribution in [0.1, 0.15) is 11.3 Å². The molecule has 0 aliphatic heterocycles. The van der Waals surface area contributed by atoms with Crippen molar-refractivity contribution in [2.45, 2.75) is 13.1 Å². The Balaban J connectivity index is 1.78. The first-order valence-electron chi connectivity index (χ1n) is 6.45. The summed E-state index contributed by atoms with van der Waals surface area (Å²) >= 11 is 6.19. The highest BCUT2D eigenvalue weighted by Gasteiger charge is 2.05. The maximum absolute atomic E-state index is 6.19. The molecule has 0 aliphatic carbocycles. The lowest BCUT2D eigenvalue weighted by molar-refractivity contribution is 0.627. The van der Waals surface area contributed by atoms with Crippen LogP contribution >= 0.6 is 11.6 Å². The first kappa shape index (κ1) is 13.1. The predicted octanol–water partition coefficient (Wildman–Crippen LogP) is 2.91.